The fraction of sp³-hybridized carbons (Fsp3) is 0.0526. The number of carbonyl (C=O) groups excluding carboxylic acids is 1. The molecule has 3 aromatic rings. The smallest absolute Gasteiger partial charge is 0.339 e. The lowest BCUT2D eigenvalue weighted by Crippen LogP contribution is -2.15. The molecular formula is C19H11Br4NO4S. The van der Waals surface area contributed by atoms with Gasteiger partial charge in [0.25, 0.3) is 5.91 Å². The topological polar surface area (TPSA) is 75.6 Å². The summed E-state index contributed by atoms with van der Waals surface area (Å²) in [6, 6.07) is 9.00. The summed E-state index contributed by atoms with van der Waals surface area (Å²) in [4.78, 5) is 25.5. The zero-order chi connectivity index (χ0) is 21.3. The first-order valence-corrected chi connectivity index (χ1v) is 11.9. The van der Waals surface area contributed by atoms with E-state index in [9.17, 15) is 14.7 Å². The maximum Gasteiger partial charge on any atom is 0.339 e. The molecule has 150 valence electrons. The highest BCUT2D eigenvalue weighted by molar-refractivity contribution is 9.11. The Hall–Kier alpha value is -1.20. The Morgan fingerprint density at radius 3 is 2.28 bits per heavy atom. The summed E-state index contributed by atoms with van der Waals surface area (Å²) >= 11 is 14.8. The SMILES string of the molecule is COc1c(Br)cc(Br)c(C(=O)Nc2csc(-c3ccc(Br)cc3)c2C(=O)O)c1Br. The Morgan fingerprint density at radius 1 is 1.03 bits per heavy atom. The monoisotopic (exact) mass is 665 g/mol. The van der Waals surface area contributed by atoms with E-state index in [1.807, 2.05) is 24.3 Å². The van der Waals surface area contributed by atoms with Crippen LogP contribution in [-0.2, 0) is 0 Å². The van der Waals surface area contributed by atoms with Crippen LogP contribution < -0.4 is 10.1 Å². The zero-order valence-corrected chi connectivity index (χ0v) is 21.7. The van der Waals surface area contributed by atoms with Crippen LogP contribution in [-0.4, -0.2) is 24.1 Å². The molecule has 0 spiro atoms. The van der Waals surface area contributed by atoms with Gasteiger partial charge in [0.2, 0.25) is 0 Å². The molecule has 1 heterocycles. The number of carboxylic acid groups (broad SMARTS) is 1. The molecule has 0 fully saturated rings. The number of halogens is 4. The van der Waals surface area contributed by atoms with Gasteiger partial charge >= 0.3 is 5.97 Å². The molecule has 0 bridgehead atoms. The fourth-order valence-corrected chi connectivity index (χ4v) is 6.70. The van der Waals surface area contributed by atoms with Crippen LogP contribution in [0, 0.1) is 0 Å². The second-order valence-corrected chi connectivity index (χ2v) is 9.98. The van der Waals surface area contributed by atoms with Crippen LogP contribution in [0.15, 0.2) is 53.6 Å². The van der Waals surface area contributed by atoms with E-state index in [0.717, 1.165) is 10.0 Å². The number of hydrogen-bond acceptors (Lipinski definition) is 4. The minimum Gasteiger partial charge on any atom is -0.494 e. The normalized spacial score (nSPS) is 10.7. The van der Waals surface area contributed by atoms with Crippen LogP contribution >= 0.6 is 75.1 Å². The molecule has 0 atom stereocenters. The van der Waals surface area contributed by atoms with Crippen molar-refractivity contribution in [2.24, 2.45) is 0 Å². The molecule has 10 heteroatoms. The first kappa shape index (κ1) is 22.5. The third kappa shape index (κ3) is 4.61. The van der Waals surface area contributed by atoms with Gasteiger partial charge in [0.15, 0.2) is 0 Å². The summed E-state index contributed by atoms with van der Waals surface area (Å²) in [6.45, 7) is 0. The van der Waals surface area contributed by atoms with Gasteiger partial charge in [0, 0.05) is 14.3 Å². The van der Waals surface area contributed by atoms with Crippen LogP contribution in [0.25, 0.3) is 10.4 Å². The minimum absolute atomic E-state index is 0.0435. The molecule has 0 unspecified atom stereocenters. The minimum atomic E-state index is -1.12. The quantitative estimate of drug-likeness (QED) is 0.297. The van der Waals surface area contributed by atoms with Crippen LogP contribution in [0.3, 0.4) is 0 Å². The number of hydrogen-bond donors (Lipinski definition) is 2. The number of anilines is 1. The first-order valence-electron chi connectivity index (χ1n) is 7.88. The summed E-state index contributed by atoms with van der Waals surface area (Å²) in [6.07, 6.45) is 0. The van der Waals surface area contributed by atoms with Crippen LogP contribution in [0.5, 0.6) is 5.75 Å². The van der Waals surface area contributed by atoms with E-state index in [2.05, 4.69) is 69.0 Å². The number of thiophene rings is 1. The van der Waals surface area contributed by atoms with Crippen molar-refractivity contribution < 1.29 is 19.4 Å². The maximum absolute atomic E-state index is 13.0. The predicted molar refractivity (Wildman–Crippen MR) is 128 cm³/mol. The Morgan fingerprint density at radius 2 is 1.69 bits per heavy atom. The second kappa shape index (κ2) is 9.30. The van der Waals surface area contributed by atoms with E-state index in [1.54, 1.807) is 11.4 Å². The average Bonchev–Trinajstić information content (AvgIpc) is 3.06. The molecule has 3 rings (SSSR count). The van der Waals surface area contributed by atoms with Gasteiger partial charge in [0.1, 0.15) is 11.3 Å². The molecule has 2 aromatic carbocycles. The molecule has 5 nitrogen and oxygen atoms in total. The van der Waals surface area contributed by atoms with Crippen molar-refractivity contribution in [3.8, 4) is 16.2 Å². The maximum atomic E-state index is 13.0. The second-order valence-electron chi connectivity index (χ2n) is 5.68. The molecule has 1 amide bonds. The Labute approximate surface area is 204 Å². The van der Waals surface area contributed by atoms with Crippen molar-refractivity contribution in [3.05, 3.63) is 64.7 Å². The summed E-state index contributed by atoms with van der Waals surface area (Å²) < 4.78 is 7.83. The van der Waals surface area contributed by atoms with Gasteiger partial charge in [0.05, 0.1) is 32.2 Å². The van der Waals surface area contributed by atoms with Crippen LogP contribution in [0.2, 0.25) is 0 Å². The van der Waals surface area contributed by atoms with Crippen molar-refractivity contribution >= 4 is 92.6 Å². The number of ether oxygens (including phenoxy) is 1. The molecule has 0 saturated heterocycles. The Balaban J connectivity index is 2.02. The molecule has 0 aliphatic heterocycles. The van der Waals surface area contributed by atoms with E-state index in [4.69, 9.17) is 4.74 Å². The lowest BCUT2D eigenvalue weighted by Gasteiger charge is -2.13. The van der Waals surface area contributed by atoms with Gasteiger partial charge < -0.3 is 15.2 Å². The summed E-state index contributed by atoms with van der Waals surface area (Å²) in [7, 11) is 1.49. The fourth-order valence-electron chi connectivity index (χ4n) is 2.63. The molecule has 1 aromatic heterocycles. The van der Waals surface area contributed by atoms with E-state index >= 15 is 0 Å². The lowest BCUT2D eigenvalue weighted by molar-refractivity contribution is 0.0699. The Kier molecular flexibility index (Phi) is 7.21. The van der Waals surface area contributed by atoms with Gasteiger partial charge in [-0.15, -0.1) is 11.3 Å². The summed E-state index contributed by atoms with van der Waals surface area (Å²) in [5, 5.41) is 14.1. The van der Waals surface area contributed by atoms with Crippen molar-refractivity contribution in [2.75, 3.05) is 12.4 Å². The zero-order valence-electron chi connectivity index (χ0n) is 14.6. The number of amides is 1. The largest absolute Gasteiger partial charge is 0.494 e. The van der Waals surface area contributed by atoms with E-state index in [0.29, 0.717) is 24.0 Å². The van der Waals surface area contributed by atoms with Gasteiger partial charge in [-0.25, -0.2) is 4.79 Å². The van der Waals surface area contributed by atoms with Crippen molar-refractivity contribution in [1.82, 2.24) is 0 Å². The number of rotatable bonds is 5. The number of nitrogens with one attached hydrogen (secondary N) is 1. The number of methoxy groups -OCH3 is 1. The van der Waals surface area contributed by atoms with Crippen molar-refractivity contribution in [1.29, 1.82) is 0 Å². The van der Waals surface area contributed by atoms with Crippen LogP contribution in [0.4, 0.5) is 5.69 Å². The molecule has 0 aliphatic rings. The van der Waals surface area contributed by atoms with Crippen molar-refractivity contribution in [2.45, 2.75) is 0 Å². The predicted octanol–water partition coefficient (Wildman–Crippen LogP) is 7.42. The third-order valence-electron chi connectivity index (χ3n) is 3.92. The standard InChI is InChI=1S/C19H11Br4NO4S/c1-28-16-11(22)6-10(21)13(15(16)23)18(25)24-12-7-29-17(14(12)19(26)27)8-2-4-9(20)5-3-8/h2-7H,1H3,(H,24,25)(H,26,27). The highest BCUT2D eigenvalue weighted by Crippen LogP contribution is 2.41. The van der Waals surface area contributed by atoms with Crippen LogP contribution in [0.1, 0.15) is 20.7 Å². The summed E-state index contributed by atoms with van der Waals surface area (Å²) in [5.74, 6) is -1.14. The first-order chi connectivity index (χ1) is 13.7. The Bertz CT molecular complexity index is 1110. The number of benzene rings is 2. The molecule has 2 N–H and O–H groups in total. The van der Waals surface area contributed by atoms with Crippen molar-refractivity contribution in [3.63, 3.8) is 0 Å². The lowest BCUT2D eigenvalue weighted by atomic mass is 10.1. The summed E-state index contributed by atoms with van der Waals surface area (Å²) in [5.41, 5.74) is 1.31. The highest BCUT2D eigenvalue weighted by Gasteiger charge is 2.25. The van der Waals surface area contributed by atoms with Gasteiger partial charge in [-0.05, 0) is 71.6 Å². The molecule has 0 saturated carbocycles. The number of aromatic carboxylic acids is 1. The number of carboxylic acids is 1. The van der Waals surface area contributed by atoms with Gasteiger partial charge in [-0.1, -0.05) is 28.1 Å². The molecule has 0 aliphatic carbocycles. The third-order valence-corrected chi connectivity index (χ3v) is 7.45. The molecule has 29 heavy (non-hydrogen) atoms. The van der Waals surface area contributed by atoms with E-state index < -0.39 is 11.9 Å². The molecular weight excluding hydrogens is 658 g/mol. The van der Waals surface area contributed by atoms with E-state index in [-0.39, 0.29) is 16.8 Å². The van der Waals surface area contributed by atoms with Gasteiger partial charge in [-0.2, -0.15) is 0 Å². The number of carbonyl (C=O) groups is 2. The molecule has 0 radical (unpaired) electrons. The highest BCUT2D eigenvalue weighted by atomic mass is 79.9. The van der Waals surface area contributed by atoms with E-state index in [1.165, 1.54) is 18.4 Å². The van der Waals surface area contributed by atoms with Gasteiger partial charge in [-0.3, -0.25) is 4.79 Å². The average molecular weight is 669 g/mol.